The SMILES string of the molecule is CCOCOc1cc(OCOCC)c(C(=O)OCC[Si](C)(C)C)c(C)c1Cl. The molecular formula is C19H31ClO6Si. The van der Waals surface area contributed by atoms with Gasteiger partial charge in [0, 0.05) is 27.4 Å². The number of carbonyl (C=O) groups is 1. The summed E-state index contributed by atoms with van der Waals surface area (Å²) in [5.74, 6) is 0.234. The lowest BCUT2D eigenvalue weighted by Crippen LogP contribution is -2.23. The number of halogens is 1. The molecule has 0 aliphatic heterocycles. The van der Waals surface area contributed by atoms with Gasteiger partial charge >= 0.3 is 5.97 Å². The Balaban J connectivity index is 3.07. The first-order valence-electron chi connectivity index (χ1n) is 9.12. The maximum absolute atomic E-state index is 12.7. The third kappa shape index (κ3) is 8.09. The highest BCUT2D eigenvalue weighted by Crippen LogP contribution is 2.37. The molecule has 1 aromatic carbocycles. The molecule has 0 heterocycles. The molecule has 0 radical (unpaired) electrons. The fourth-order valence-corrected chi connectivity index (χ4v) is 3.02. The summed E-state index contributed by atoms with van der Waals surface area (Å²) in [4.78, 5) is 12.7. The van der Waals surface area contributed by atoms with E-state index in [1.165, 1.54) is 0 Å². The van der Waals surface area contributed by atoms with Crippen molar-refractivity contribution in [2.45, 2.75) is 46.5 Å². The second kappa shape index (κ2) is 11.5. The lowest BCUT2D eigenvalue weighted by atomic mass is 10.1. The second-order valence-electron chi connectivity index (χ2n) is 7.14. The van der Waals surface area contributed by atoms with Crippen LogP contribution in [0, 0.1) is 6.92 Å². The summed E-state index contributed by atoms with van der Waals surface area (Å²) in [5, 5.41) is 0.329. The van der Waals surface area contributed by atoms with Gasteiger partial charge < -0.3 is 23.7 Å². The highest BCUT2D eigenvalue weighted by molar-refractivity contribution is 6.76. The lowest BCUT2D eigenvalue weighted by molar-refractivity contribution is 0.0172. The fourth-order valence-electron chi connectivity index (χ4n) is 2.11. The second-order valence-corrected chi connectivity index (χ2v) is 13.1. The first kappa shape index (κ1) is 23.8. The van der Waals surface area contributed by atoms with Gasteiger partial charge in [-0.3, -0.25) is 0 Å². The van der Waals surface area contributed by atoms with E-state index in [9.17, 15) is 4.79 Å². The van der Waals surface area contributed by atoms with Crippen LogP contribution in [0.4, 0.5) is 0 Å². The van der Waals surface area contributed by atoms with Gasteiger partial charge in [0.05, 0.1) is 11.6 Å². The Morgan fingerprint density at radius 3 is 2.11 bits per heavy atom. The first-order chi connectivity index (χ1) is 12.7. The van der Waals surface area contributed by atoms with Crippen molar-refractivity contribution in [3.63, 3.8) is 0 Å². The molecular weight excluding hydrogens is 388 g/mol. The minimum atomic E-state index is -1.31. The van der Waals surface area contributed by atoms with E-state index < -0.39 is 14.0 Å². The van der Waals surface area contributed by atoms with E-state index in [0.29, 0.717) is 47.5 Å². The zero-order valence-electron chi connectivity index (χ0n) is 17.1. The number of hydrogen-bond acceptors (Lipinski definition) is 6. The molecule has 0 saturated carbocycles. The Hall–Kier alpha value is -1.28. The summed E-state index contributed by atoms with van der Waals surface area (Å²) in [5.41, 5.74) is 0.828. The van der Waals surface area contributed by atoms with Crippen LogP contribution in [0.25, 0.3) is 0 Å². The van der Waals surface area contributed by atoms with Gasteiger partial charge in [0.25, 0.3) is 0 Å². The molecule has 0 fully saturated rings. The molecule has 0 aromatic heterocycles. The third-order valence-electron chi connectivity index (χ3n) is 3.72. The van der Waals surface area contributed by atoms with Gasteiger partial charge in [-0.15, -0.1) is 0 Å². The van der Waals surface area contributed by atoms with Crippen molar-refractivity contribution in [1.29, 1.82) is 0 Å². The van der Waals surface area contributed by atoms with Crippen molar-refractivity contribution in [2.24, 2.45) is 0 Å². The molecule has 0 N–H and O–H groups in total. The van der Waals surface area contributed by atoms with Crippen molar-refractivity contribution in [2.75, 3.05) is 33.4 Å². The smallest absolute Gasteiger partial charge is 0.342 e. The molecule has 0 saturated heterocycles. The Labute approximate surface area is 168 Å². The van der Waals surface area contributed by atoms with E-state index in [-0.39, 0.29) is 13.6 Å². The quantitative estimate of drug-likeness (QED) is 0.208. The van der Waals surface area contributed by atoms with Gasteiger partial charge in [0.1, 0.15) is 17.1 Å². The van der Waals surface area contributed by atoms with Gasteiger partial charge in [-0.05, 0) is 32.4 Å². The van der Waals surface area contributed by atoms with Crippen LogP contribution in [0.15, 0.2) is 6.07 Å². The van der Waals surface area contributed by atoms with Crippen LogP contribution in [-0.2, 0) is 14.2 Å². The minimum Gasteiger partial charge on any atom is -0.466 e. The summed E-state index contributed by atoms with van der Waals surface area (Å²) >= 11 is 6.39. The normalized spacial score (nSPS) is 11.4. The lowest BCUT2D eigenvalue weighted by Gasteiger charge is -2.19. The topological polar surface area (TPSA) is 63.2 Å². The average Bonchev–Trinajstić information content (AvgIpc) is 2.58. The van der Waals surface area contributed by atoms with E-state index in [2.05, 4.69) is 19.6 Å². The maximum atomic E-state index is 12.7. The standard InChI is InChI=1S/C19H31ClO6Si/c1-7-22-12-25-15-11-16(26-13-23-8-2)18(20)14(3)17(15)19(21)24-9-10-27(4,5)6/h11H,7-10,12-13H2,1-6H3. The number of carbonyl (C=O) groups excluding carboxylic acids is 1. The summed E-state index contributed by atoms with van der Waals surface area (Å²) in [6.45, 7) is 13.6. The molecule has 154 valence electrons. The number of esters is 1. The molecule has 8 heteroatoms. The van der Waals surface area contributed by atoms with E-state index in [1.54, 1.807) is 13.0 Å². The molecule has 0 bridgehead atoms. The van der Waals surface area contributed by atoms with Crippen LogP contribution in [0.3, 0.4) is 0 Å². The van der Waals surface area contributed by atoms with Crippen molar-refractivity contribution >= 4 is 25.6 Å². The molecule has 1 aromatic rings. The number of rotatable bonds is 12. The molecule has 0 atom stereocenters. The monoisotopic (exact) mass is 418 g/mol. The van der Waals surface area contributed by atoms with Gasteiger partial charge in [-0.2, -0.15) is 0 Å². The Bertz CT molecular complexity index is 615. The average molecular weight is 419 g/mol. The molecule has 0 aliphatic carbocycles. The minimum absolute atomic E-state index is 0.0116. The predicted molar refractivity (Wildman–Crippen MR) is 109 cm³/mol. The van der Waals surface area contributed by atoms with Crippen LogP contribution in [0.5, 0.6) is 11.5 Å². The molecule has 0 unspecified atom stereocenters. The van der Waals surface area contributed by atoms with Crippen molar-refractivity contribution < 1.29 is 28.5 Å². The van der Waals surface area contributed by atoms with Gasteiger partial charge in [0.2, 0.25) is 0 Å². The maximum Gasteiger partial charge on any atom is 0.342 e. The third-order valence-corrected chi connectivity index (χ3v) is 5.90. The highest BCUT2D eigenvalue weighted by Gasteiger charge is 2.24. The largest absolute Gasteiger partial charge is 0.466 e. The van der Waals surface area contributed by atoms with E-state index in [1.807, 2.05) is 13.8 Å². The number of hydrogen-bond donors (Lipinski definition) is 0. The van der Waals surface area contributed by atoms with Crippen LogP contribution in [0.2, 0.25) is 30.7 Å². The Morgan fingerprint density at radius 1 is 1.04 bits per heavy atom. The van der Waals surface area contributed by atoms with Crippen molar-refractivity contribution in [1.82, 2.24) is 0 Å². The van der Waals surface area contributed by atoms with Crippen molar-refractivity contribution in [3.05, 3.63) is 22.2 Å². The van der Waals surface area contributed by atoms with E-state index in [0.717, 1.165) is 6.04 Å². The summed E-state index contributed by atoms with van der Waals surface area (Å²) in [6.07, 6.45) is 0. The Morgan fingerprint density at radius 2 is 1.59 bits per heavy atom. The predicted octanol–water partition coefficient (Wildman–Crippen LogP) is 4.89. The van der Waals surface area contributed by atoms with Gasteiger partial charge in [0.15, 0.2) is 13.6 Å². The molecule has 0 spiro atoms. The highest BCUT2D eigenvalue weighted by atomic mass is 35.5. The van der Waals surface area contributed by atoms with Gasteiger partial charge in [-0.1, -0.05) is 31.2 Å². The Kier molecular flexibility index (Phi) is 10.1. The number of benzene rings is 1. The molecule has 1 rings (SSSR count). The zero-order chi connectivity index (χ0) is 20.4. The van der Waals surface area contributed by atoms with Crippen LogP contribution in [-0.4, -0.2) is 47.4 Å². The summed E-state index contributed by atoms with van der Waals surface area (Å²) < 4.78 is 27.1. The van der Waals surface area contributed by atoms with Crippen molar-refractivity contribution in [3.8, 4) is 11.5 Å². The van der Waals surface area contributed by atoms with Crippen LogP contribution in [0.1, 0.15) is 29.8 Å². The summed E-state index contributed by atoms with van der Waals surface area (Å²) in [7, 11) is -1.31. The van der Waals surface area contributed by atoms with E-state index >= 15 is 0 Å². The molecule has 0 amide bonds. The number of ether oxygens (including phenoxy) is 5. The van der Waals surface area contributed by atoms with Crippen LogP contribution < -0.4 is 9.47 Å². The van der Waals surface area contributed by atoms with Crippen LogP contribution >= 0.6 is 11.6 Å². The molecule has 0 aliphatic rings. The van der Waals surface area contributed by atoms with E-state index in [4.69, 9.17) is 35.3 Å². The molecule has 27 heavy (non-hydrogen) atoms. The van der Waals surface area contributed by atoms with Gasteiger partial charge in [-0.25, -0.2) is 4.79 Å². The first-order valence-corrected chi connectivity index (χ1v) is 13.2. The fraction of sp³-hybridized carbons (Fsp3) is 0.632. The summed E-state index contributed by atoms with van der Waals surface area (Å²) in [6, 6.07) is 2.46. The molecule has 6 nitrogen and oxygen atoms in total. The zero-order valence-corrected chi connectivity index (χ0v) is 18.9.